The van der Waals surface area contributed by atoms with Crippen LogP contribution in [0.15, 0.2) is 18.2 Å². The lowest BCUT2D eigenvalue weighted by molar-refractivity contribution is 0.0932. The van der Waals surface area contributed by atoms with Gasteiger partial charge in [0.25, 0.3) is 5.91 Å². The van der Waals surface area contributed by atoms with Gasteiger partial charge in [-0.25, -0.2) is 4.39 Å². The molecule has 0 saturated heterocycles. The third-order valence-corrected chi connectivity index (χ3v) is 2.73. The van der Waals surface area contributed by atoms with E-state index < -0.39 is 11.7 Å². The van der Waals surface area contributed by atoms with E-state index >= 15 is 0 Å². The van der Waals surface area contributed by atoms with E-state index in [1.54, 1.807) is 6.07 Å². The van der Waals surface area contributed by atoms with Crippen molar-refractivity contribution >= 4 is 5.91 Å². The van der Waals surface area contributed by atoms with Crippen molar-refractivity contribution in [2.75, 3.05) is 6.61 Å². The predicted molar refractivity (Wildman–Crippen MR) is 76.7 cm³/mol. The molecule has 0 saturated carbocycles. The molecule has 20 heavy (non-hydrogen) atoms. The molecule has 2 N–H and O–H groups in total. The van der Waals surface area contributed by atoms with E-state index in [0.29, 0.717) is 11.5 Å². The Morgan fingerprint density at radius 3 is 2.65 bits per heavy atom. The van der Waals surface area contributed by atoms with E-state index in [9.17, 15) is 9.18 Å². The number of hydrogen-bond donors (Lipinski definition) is 2. The maximum Gasteiger partial charge on any atom is 0.254 e. The van der Waals surface area contributed by atoms with Crippen molar-refractivity contribution in [3.8, 4) is 11.8 Å². The molecule has 1 atom stereocenters. The van der Waals surface area contributed by atoms with E-state index in [2.05, 4.69) is 31.0 Å². The van der Waals surface area contributed by atoms with Crippen LogP contribution in [-0.4, -0.2) is 23.7 Å². The molecule has 1 rings (SSSR count). The zero-order chi connectivity index (χ0) is 15.1. The van der Waals surface area contributed by atoms with Gasteiger partial charge < -0.3 is 10.4 Å². The molecular formula is C16H20FNO2. The Morgan fingerprint density at radius 2 is 2.10 bits per heavy atom. The molecule has 108 valence electrons. The number of carbonyl (C=O) groups is 1. The van der Waals surface area contributed by atoms with Crippen molar-refractivity contribution in [1.82, 2.24) is 5.32 Å². The number of amides is 1. The van der Waals surface area contributed by atoms with Gasteiger partial charge >= 0.3 is 0 Å². The second-order valence-corrected chi connectivity index (χ2v) is 5.16. The van der Waals surface area contributed by atoms with Crippen molar-refractivity contribution in [2.45, 2.75) is 33.2 Å². The van der Waals surface area contributed by atoms with Crippen LogP contribution in [0.2, 0.25) is 0 Å². The van der Waals surface area contributed by atoms with Crippen LogP contribution in [0.3, 0.4) is 0 Å². The number of hydrogen-bond acceptors (Lipinski definition) is 2. The van der Waals surface area contributed by atoms with Gasteiger partial charge in [0, 0.05) is 11.6 Å². The average Bonchev–Trinajstić information content (AvgIpc) is 2.35. The van der Waals surface area contributed by atoms with Gasteiger partial charge in [-0.3, -0.25) is 4.79 Å². The summed E-state index contributed by atoms with van der Waals surface area (Å²) < 4.78 is 13.8. The molecule has 1 aromatic carbocycles. The first-order chi connectivity index (χ1) is 9.43. The highest BCUT2D eigenvalue weighted by Gasteiger charge is 2.15. The number of benzene rings is 1. The topological polar surface area (TPSA) is 49.3 Å². The van der Waals surface area contributed by atoms with Crippen LogP contribution in [0.5, 0.6) is 0 Å². The summed E-state index contributed by atoms with van der Waals surface area (Å²) in [5.74, 6) is 4.47. The van der Waals surface area contributed by atoms with Crippen molar-refractivity contribution in [3.05, 3.63) is 35.1 Å². The van der Waals surface area contributed by atoms with Gasteiger partial charge in [-0.05, 0) is 37.5 Å². The number of rotatable bonds is 4. The number of aliphatic hydroxyl groups excluding tert-OH is 1. The summed E-state index contributed by atoms with van der Waals surface area (Å²) in [6.45, 7) is 5.75. The first kappa shape index (κ1) is 16.2. The molecule has 1 unspecified atom stereocenters. The van der Waals surface area contributed by atoms with E-state index in [-0.39, 0.29) is 18.2 Å². The monoisotopic (exact) mass is 277 g/mol. The van der Waals surface area contributed by atoms with Crippen molar-refractivity contribution in [1.29, 1.82) is 0 Å². The first-order valence-electron chi connectivity index (χ1n) is 6.64. The average molecular weight is 277 g/mol. The van der Waals surface area contributed by atoms with Gasteiger partial charge in [-0.2, -0.15) is 0 Å². The van der Waals surface area contributed by atoms with Crippen LogP contribution in [0.1, 0.15) is 43.1 Å². The lowest BCUT2D eigenvalue weighted by Gasteiger charge is -2.16. The maximum atomic E-state index is 13.8. The summed E-state index contributed by atoms with van der Waals surface area (Å²) in [4.78, 5) is 12.0. The SMILES string of the molecule is CC(C)CC(C)NC(=O)c1ccc(C#CCO)cc1F. The Kier molecular flexibility index (Phi) is 6.20. The fourth-order valence-electron chi connectivity index (χ4n) is 1.99. The third kappa shape index (κ3) is 5.02. The van der Waals surface area contributed by atoms with Crippen molar-refractivity contribution in [3.63, 3.8) is 0 Å². The summed E-state index contributed by atoms with van der Waals surface area (Å²) in [6.07, 6.45) is 0.841. The fraction of sp³-hybridized carbons (Fsp3) is 0.438. The highest BCUT2D eigenvalue weighted by atomic mass is 19.1. The third-order valence-electron chi connectivity index (χ3n) is 2.73. The van der Waals surface area contributed by atoms with Crippen molar-refractivity contribution in [2.24, 2.45) is 5.92 Å². The van der Waals surface area contributed by atoms with E-state index in [1.165, 1.54) is 12.1 Å². The molecule has 4 heteroatoms. The van der Waals surface area contributed by atoms with E-state index in [4.69, 9.17) is 5.11 Å². The van der Waals surface area contributed by atoms with Gasteiger partial charge in [0.2, 0.25) is 0 Å². The summed E-state index contributed by atoms with van der Waals surface area (Å²) in [5.41, 5.74) is 0.443. The zero-order valence-corrected chi connectivity index (χ0v) is 12.0. The minimum atomic E-state index is -0.607. The standard InChI is InChI=1S/C16H20FNO2/c1-11(2)9-12(3)18-16(20)14-7-6-13(5-4-8-19)10-15(14)17/h6-7,10-12,19H,8-9H2,1-3H3,(H,18,20). The molecule has 3 nitrogen and oxygen atoms in total. The van der Waals surface area contributed by atoms with Gasteiger partial charge in [0.15, 0.2) is 0 Å². The molecule has 0 aliphatic rings. The molecule has 0 aliphatic heterocycles. The largest absolute Gasteiger partial charge is 0.384 e. The van der Waals surface area contributed by atoms with E-state index in [1.807, 2.05) is 6.92 Å². The molecule has 0 bridgehead atoms. The second-order valence-electron chi connectivity index (χ2n) is 5.16. The first-order valence-corrected chi connectivity index (χ1v) is 6.64. The Hall–Kier alpha value is -1.86. The molecule has 1 amide bonds. The quantitative estimate of drug-likeness (QED) is 0.830. The Bertz CT molecular complexity index is 529. The number of nitrogens with one attached hydrogen (secondary N) is 1. The van der Waals surface area contributed by atoms with Crippen LogP contribution in [-0.2, 0) is 0 Å². The molecular weight excluding hydrogens is 257 g/mol. The van der Waals surface area contributed by atoms with Crippen molar-refractivity contribution < 1.29 is 14.3 Å². The van der Waals surface area contributed by atoms with E-state index in [0.717, 1.165) is 6.42 Å². The van der Waals surface area contributed by atoms with Gasteiger partial charge in [-0.15, -0.1) is 0 Å². The Morgan fingerprint density at radius 1 is 1.40 bits per heavy atom. The molecule has 0 heterocycles. The molecule has 1 aromatic rings. The molecule has 0 fully saturated rings. The van der Waals surface area contributed by atoms with Gasteiger partial charge in [-0.1, -0.05) is 25.7 Å². The van der Waals surface area contributed by atoms with Gasteiger partial charge in [0.05, 0.1) is 5.56 Å². The predicted octanol–water partition coefficient (Wildman–Crippen LogP) is 2.33. The van der Waals surface area contributed by atoms with Crippen LogP contribution in [0.4, 0.5) is 4.39 Å². The van der Waals surface area contributed by atoms with Crippen LogP contribution in [0, 0.1) is 23.6 Å². The number of halogens is 1. The maximum absolute atomic E-state index is 13.8. The minimum absolute atomic E-state index is 0.00393. The number of aliphatic hydroxyl groups is 1. The Labute approximate surface area is 119 Å². The van der Waals surface area contributed by atoms with Crippen LogP contribution < -0.4 is 5.32 Å². The lowest BCUT2D eigenvalue weighted by atomic mass is 10.0. The molecule has 0 spiro atoms. The normalized spacial score (nSPS) is 11.7. The summed E-state index contributed by atoms with van der Waals surface area (Å²) in [5, 5.41) is 11.4. The van der Waals surface area contributed by atoms with Crippen LogP contribution >= 0.6 is 0 Å². The number of carbonyl (C=O) groups excluding carboxylic acids is 1. The lowest BCUT2D eigenvalue weighted by Crippen LogP contribution is -2.34. The second kappa shape index (κ2) is 7.66. The highest BCUT2D eigenvalue weighted by molar-refractivity contribution is 5.94. The Balaban J connectivity index is 2.79. The van der Waals surface area contributed by atoms with Gasteiger partial charge in [0.1, 0.15) is 12.4 Å². The fourth-order valence-corrected chi connectivity index (χ4v) is 1.99. The smallest absolute Gasteiger partial charge is 0.254 e. The molecule has 0 aromatic heterocycles. The minimum Gasteiger partial charge on any atom is -0.384 e. The molecule has 0 aliphatic carbocycles. The zero-order valence-electron chi connectivity index (χ0n) is 12.0. The molecule has 0 radical (unpaired) electrons. The summed E-state index contributed by atoms with van der Waals surface area (Å²) in [7, 11) is 0. The van der Waals surface area contributed by atoms with Crippen LogP contribution in [0.25, 0.3) is 0 Å². The summed E-state index contributed by atoms with van der Waals surface area (Å²) >= 11 is 0. The highest BCUT2D eigenvalue weighted by Crippen LogP contribution is 2.11. The summed E-state index contributed by atoms with van der Waals surface area (Å²) in [6, 6.07) is 4.17.